The van der Waals surface area contributed by atoms with Crippen LogP contribution >= 0.6 is 0 Å². The van der Waals surface area contributed by atoms with Crippen LogP contribution in [0, 0.1) is 0 Å². The van der Waals surface area contributed by atoms with Crippen molar-refractivity contribution in [2.75, 3.05) is 13.2 Å². The van der Waals surface area contributed by atoms with Gasteiger partial charge < -0.3 is 14.8 Å². The summed E-state index contributed by atoms with van der Waals surface area (Å²) in [6.45, 7) is 1.51. The molecule has 0 bridgehead atoms. The molecule has 4 nitrogen and oxygen atoms in total. The van der Waals surface area contributed by atoms with Crippen LogP contribution in [0.2, 0.25) is 0 Å². The maximum atomic E-state index is 11.1. The van der Waals surface area contributed by atoms with E-state index in [0.717, 1.165) is 11.1 Å². The Labute approximate surface area is 87.2 Å². The van der Waals surface area contributed by atoms with E-state index < -0.39 is 5.60 Å². The minimum atomic E-state index is -0.605. The first-order chi connectivity index (χ1) is 7.30. The fourth-order valence-corrected chi connectivity index (χ4v) is 2.19. The van der Waals surface area contributed by atoms with E-state index in [0.29, 0.717) is 19.8 Å². The van der Waals surface area contributed by atoms with Gasteiger partial charge in [0.15, 0.2) is 5.60 Å². The van der Waals surface area contributed by atoms with Crippen LogP contribution in [0.25, 0.3) is 0 Å². The molecule has 1 N–H and O–H groups in total. The number of carbonyl (C=O) groups excluding carboxylic acids is 1. The van der Waals surface area contributed by atoms with Crippen LogP contribution in [0.3, 0.4) is 0 Å². The summed E-state index contributed by atoms with van der Waals surface area (Å²) >= 11 is 0. The molecule has 3 rings (SSSR count). The van der Waals surface area contributed by atoms with Crippen LogP contribution in [0.15, 0.2) is 24.3 Å². The van der Waals surface area contributed by atoms with Gasteiger partial charge in [-0.3, -0.25) is 0 Å². The molecule has 1 atom stereocenters. The number of nitrogens with one attached hydrogen (secondary N) is 1. The maximum absolute atomic E-state index is 11.1. The number of ether oxygens (including phenoxy) is 2. The van der Waals surface area contributed by atoms with E-state index in [1.165, 1.54) is 0 Å². The highest BCUT2D eigenvalue weighted by Gasteiger charge is 2.45. The van der Waals surface area contributed by atoms with Gasteiger partial charge in [-0.05, 0) is 5.56 Å². The molecule has 15 heavy (non-hydrogen) atoms. The lowest BCUT2D eigenvalue weighted by Crippen LogP contribution is -2.39. The summed E-state index contributed by atoms with van der Waals surface area (Å²) in [6, 6.07) is 7.92. The van der Waals surface area contributed by atoms with Gasteiger partial charge in [-0.2, -0.15) is 0 Å². The van der Waals surface area contributed by atoms with Crippen LogP contribution in [0.5, 0.6) is 0 Å². The molecule has 1 saturated heterocycles. The summed E-state index contributed by atoms with van der Waals surface area (Å²) in [4.78, 5) is 11.1. The lowest BCUT2D eigenvalue weighted by atomic mass is 9.89. The summed E-state index contributed by atoms with van der Waals surface area (Å²) in [7, 11) is 0. The van der Waals surface area contributed by atoms with Crippen molar-refractivity contribution in [1.82, 2.24) is 5.32 Å². The van der Waals surface area contributed by atoms with E-state index in [4.69, 9.17) is 9.47 Å². The number of carbonyl (C=O) groups is 1. The monoisotopic (exact) mass is 205 g/mol. The highest BCUT2D eigenvalue weighted by molar-refractivity contribution is 5.71. The fourth-order valence-electron chi connectivity index (χ4n) is 2.19. The quantitative estimate of drug-likeness (QED) is 0.691. The van der Waals surface area contributed by atoms with E-state index in [1.54, 1.807) is 0 Å². The Morgan fingerprint density at radius 1 is 1.33 bits per heavy atom. The van der Waals surface area contributed by atoms with Crippen molar-refractivity contribution < 1.29 is 14.3 Å². The fraction of sp³-hybridized carbons (Fsp3) is 0.364. The van der Waals surface area contributed by atoms with Gasteiger partial charge in [-0.25, -0.2) is 4.79 Å². The Kier molecular flexibility index (Phi) is 1.73. The van der Waals surface area contributed by atoms with Crippen molar-refractivity contribution >= 4 is 6.09 Å². The van der Waals surface area contributed by atoms with Crippen LogP contribution in [0.4, 0.5) is 4.79 Å². The number of alkyl carbamates (subject to hydrolysis) is 1. The van der Waals surface area contributed by atoms with Gasteiger partial charge in [0, 0.05) is 5.56 Å². The molecule has 0 aromatic heterocycles. The summed E-state index contributed by atoms with van der Waals surface area (Å²) in [5.74, 6) is 0. The number of benzene rings is 1. The number of amides is 1. The molecule has 2 aliphatic heterocycles. The zero-order valence-corrected chi connectivity index (χ0v) is 8.16. The molecule has 1 fully saturated rings. The zero-order chi connectivity index (χ0) is 10.3. The zero-order valence-electron chi connectivity index (χ0n) is 8.16. The molecule has 2 heterocycles. The summed E-state index contributed by atoms with van der Waals surface area (Å²) in [5.41, 5.74) is 1.56. The van der Waals surface area contributed by atoms with E-state index in [2.05, 4.69) is 5.32 Å². The average molecular weight is 205 g/mol. The molecule has 1 unspecified atom stereocenters. The SMILES string of the molecule is O=C1NCC2(COCc3ccccc32)O1. The van der Waals surface area contributed by atoms with Crippen molar-refractivity contribution in [2.24, 2.45) is 0 Å². The second-order valence-electron chi connectivity index (χ2n) is 3.89. The lowest BCUT2D eigenvalue weighted by molar-refractivity contribution is -0.0519. The number of hydrogen-bond acceptors (Lipinski definition) is 3. The highest BCUT2D eigenvalue weighted by Crippen LogP contribution is 2.35. The molecular formula is C11H11NO3. The molecule has 1 amide bonds. The van der Waals surface area contributed by atoms with Crippen molar-refractivity contribution in [3.05, 3.63) is 35.4 Å². The van der Waals surface area contributed by atoms with E-state index >= 15 is 0 Å². The van der Waals surface area contributed by atoms with Gasteiger partial charge in [0.05, 0.1) is 19.8 Å². The molecule has 1 spiro atoms. The van der Waals surface area contributed by atoms with E-state index in [9.17, 15) is 4.79 Å². The molecular weight excluding hydrogens is 194 g/mol. The van der Waals surface area contributed by atoms with Gasteiger partial charge in [-0.1, -0.05) is 24.3 Å². The van der Waals surface area contributed by atoms with E-state index in [1.807, 2.05) is 24.3 Å². The lowest BCUT2D eigenvalue weighted by Gasteiger charge is -2.32. The van der Waals surface area contributed by atoms with Crippen molar-refractivity contribution in [2.45, 2.75) is 12.2 Å². The van der Waals surface area contributed by atoms with Gasteiger partial charge >= 0.3 is 6.09 Å². The van der Waals surface area contributed by atoms with Crippen LogP contribution in [-0.2, 0) is 21.7 Å². The van der Waals surface area contributed by atoms with Gasteiger partial charge in [0.1, 0.15) is 0 Å². The molecule has 2 aliphatic rings. The Morgan fingerprint density at radius 3 is 3.00 bits per heavy atom. The summed E-state index contributed by atoms with van der Waals surface area (Å²) in [6.07, 6.45) is -0.365. The summed E-state index contributed by atoms with van der Waals surface area (Å²) in [5, 5.41) is 2.68. The minimum absolute atomic E-state index is 0.365. The maximum Gasteiger partial charge on any atom is 0.408 e. The minimum Gasteiger partial charge on any atom is -0.434 e. The Bertz CT molecular complexity index is 418. The first-order valence-corrected chi connectivity index (χ1v) is 4.93. The molecule has 0 aliphatic carbocycles. The molecule has 0 radical (unpaired) electrons. The largest absolute Gasteiger partial charge is 0.434 e. The van der Waals surface area contributed by atoms with E-state index in [-0.39, 0.29) is 6.09 Å². The van der Waals surface area contributed by atoms with Crippen LogP contribution in [0.1, 0.15) is 11.1 Å². The molecule has 78 valence electrons. The number of fused-ring (bicyclic) bond motifs is 2. The van der Waals surface area contributed by atoms with Crippen molar-refractivity contribution in [3.63, 3.8) is 0 Å². The summed E-state index contributed by atoms with van der Waals surface area (Å²) < 4.78 is 10.8. The molecule has 4 heteroatoms. The van der Waals surface area contributed by atoms with Crippen molar-refractivity contribution in [3.8, 4) is 0 Å². The molecule has 1 aromatic carbocycles. The predicted octanol–water partition coefficient (Wildman–Crippen LogP) is 1.15. The number of rotatable bonds is 0. The average Bonchev–Trinajstić information content (AvgIpc) is 2.62. The first-order valence-electron chi connectivity index (χ1n) is 4.93. The third kappa shape index (κ3) is 1.22. The van der Waals surface area contributed by atoms with Crippen molar-refractivity contribution in [1.29, 1.82) is 0 Å². The normalized spacial score (nSPS) is 28.4. The Morgan fingerprint density at radius 2 is 2.20 bits per heavy atom. The smallest absolute Gasteiger partial charge is 0.408 e. The third-order valence-corrected chi connectivity index (χ3v) is 2.91. The van der Waals surface area contributed by atoms with Gasteiger partial charge in [0.25, 0.3) is 0 Å². The second-order valence-corrected chi connectivity index (χ2v) is 3.89. The standard InChI is InChI=1S/C11H11NO3/c13-10-12-6-11(15-10)7-14-5-8-3-1-2-4-9(8)11/h1-4H,5-7H2,(H,12,13). The topological polar surface area (TPSA) is 47.6 Å². The Hall–Kier alpha value is -1.55. The third-order valence-electron chi connectivity index (χ3n) is 2.91. The van der Waals surface area contributed by atoms with Crippen LogP contribution < -0.4 is 5.32 Å². The number of hydrogen-bond donors (Lipinski definition) is 1. The molecule has 0 saturated carbocycles. The Balaban J connectivity index is 2.09. The van der Waals surface area contributed by atoms with Gasteiger partial charge in [0.2, 0.25) is 0 Å². The molecule has 1 aromatic rings. The predicted molar refractivity (Wildman–Crippen MR) is 52.3 cm³/mol. The van der Waals surface area contributed by atoms with Gasteiger partial charge in [-0.15, -0.1) is 0 Å². The first kappa shape index (κ1) is 8.73. The van der Waals surface area contributed by atoms with Crippen LogP contribution in [-0.4, -0.2) is 19.2 Å². The highest BCUT2D eigenvalue weighted by atomic mass is 16.6. The second kappa shape index (κ2) is 2.97.